The van der Waals surface area contributed by atoms with Crippen molar-refractivity contribution in [1.82, 2.24) is 4.90 Å². The van der Waals surface area contributed by atoms with Crippen LogP contribution in [-0.2, 0) is 14.6 Å². The van der Waals surface area contributed by atoms with E-state index in [2.05, 4.69) is 10.2 Å². The zero-order valence-electron chi connectivity index (χ0n) is 14.5. The summed E-state index contributed by atoms with van der Waals surface area (Å²) in [6.07, 6.45) is 3.06. The molecule has 5 nitrogen and oxygen atoms in total. The fourth-order valence-electron chi connectivity index (χ4n) is 3.25. The first-order valence-corrected chi connectivity index (χ1v) is 10.3. The summed E-state index contributed by atoms with van der Waals surface area (Å²) in [6.45, 7) is 1.04. The molecule has 0 aromatic heterocycles. The number of benzene rings is 2. The van der Waals surface area contributed by atoms with Crippen molar-refractivity contribution in [2.75, 3.05) is 24.7 Å². The highest BCUT2D eigenvalue weighted by Gasteiger charge is 2.27. The number of nitrogens with zero attached hydrogens (tertiary/aromatic N) is 1. The summed E-state index contributed by atoms with van der Waals surface area (Å²) in [5, 5.41) is 2.79. The molecule has 2 aromatic rings. The van der Waals surface area contributed by atoms with Gasteiger partial charge in [-0.1, -0.05) is 12.1 Å². The van der Waals surface area contributed by atoms with Gasteiger partial charge in [0.2, 0.25) is 5.91 Å². The summed E-state index contributed by atoms with van der Waals surface area (Å²) in [5.74, 6) is -0.431. The van der Waals surface area contributed by atoms with Gasteiger partial charge >= 0.3 is 0 Å². The van der Waals surface area contributed by atoms with Crippen molar-refractivity contribution in [2.45, 2.75) is 23.8 Å². The lowest BCUT2D eigenvalue weighted by Crippen LogP contribution is -2.32. The van der Waals surface area contributed by atoms with Crippen molar-refractivity contribution in [3.63, 3.8) is 0 Å². The second-order valence-corrected chi connectivity index (χ2v) is 8.54. The molecule has 26 heavy (non-hydrogen) atoms. The second-order valence-electron chi connectivity index (χ2n) is 6.52. The fraction of sp³-hybridized carbons (Fsp3) is 0.316. The predicted octanol–water partition coefficient (Wildman–Crippen LogP) is 3.00. The van der Waals surface area contributed by atoms with Crippen molar-refractivity contribution in [1.29, 1.82) is 0 Å². The monoisotopic (exact) mass is 376 g/mol. The summed E-state index contributed by atoms with van der Waals surface area (Å²) in [5.41, 5.74) is 1.56. The van der Waals surface area contributed by atoms with Gasteiger partial charge in [-0.2, -0.15) is 0 Å². The molecule has 0 radical (unpaired) electrons. The van der Waals surface area contributed by atoms with E-state index in [0.717, 1.165) is 31.2 Å². The topological polar surface area (TPSA) is 66.5 Å². The number of likely N-dealkylation sites (tertiary alicyclic amines) is 1. The first-order chi connectivity index (χ1) is 12.3. The van der Waals surface area contributed by atoms with Gasteiger partial charge in [0.15, 0.2) is 9.84 Å². The Morgan fingerprint density at radius 1 is 1.15 bits per heavy atom. The SMILES string of the molecule is CS(=O)(=O)c1ccc(NC(=O)CN2CCCC2c2ccc(F)cc2)cc1. The van der Waals surface area contributed by atoms with Crippen LogP contribution in [0.5, 0.6) is 0 Å². The quantitative estimate of drug-likeness (QED) is 0.871. The lowest BCUT2D eigenvalue weighted by molar-refractivity contribution is -0.117. The number of anilines is 1. The van der Waals surface area contributed by atoms with Crippen molar-refractivity contribution in [3.05, 3.63) is 59.9 Å². The minimum absolute atomic E-state index is 0.106. The number of sulfone groups is 1. The van der Waals surface area contributed by atoms with Crippen LogP contribution in [0.3, 0.4) is 0 Å². The molecule has 1 atom stereocenters. The summed E-state index contributed by atoms with van der Waals surface area (Å²) < 4.78 is 36.1. The maximum Gasteiger partial charge on any atom is 0.238 e. The Kier molecular flexibility index (Phi) is 5.38. The molecule has 1 unspecified atom stereocenters. The molecule has 0 saturated carbocycles. The molecule has 138 valence electrons. The van der Waals surface area contributed by atoms with Gasteiger partial charge < -0.3 is 5.32 Å². The molecule has 0 bridgehead atoms. The number of carbonyl (C=O) groups is 1. The maximum absolute atomic E-state index is 13.1. The summed E-state index contributed by atoms with van der Waals surface area (Å²) in [6, 6.07) is 12.6. The van der Waals surface area contributed by atoms with Crippen LogP contribution >= 0.6 is 0 Å². The molecule has 0 aliphatic carbocycles. The highest BCUT2D eigenvalue weighted by molar-refractivity contribution is 7.90. The molecule has 1 heterocycles. The zero-order valence-corrected chi connectivity index (χ0v) is 15.3. The molecule has 1 aliphatic heterocycles. The Morgan fingerprint density at radius 2 is 1.81 bits per heavy atom. The molecule has 0 spiro atoms. The van der Waals surface area contributed by atoms with E-state index in [1.165, 1.54) is 24.3 Å². The standard InChI is InChI=1S/C19H21FN2O3S/c1-26(24,25)17-10-8-16(9-11-17)21-19(23)13-22-12-2-3-18(22)14-4-6-15(20)7-5-14/h4-11,18H,2-3,12-13H2,1H3,(H,21,23). The van der Waals surface area contributed by atoms with Crippen LogP contribution in [-0.4, -0.2) is 38.6 Å². The average molecular weight is 376 g/mol. The van der Waals surface area contributed by atoms with Crippen molar-refractivity contribution in [3.8, 4) is 0 Å². The second kappa shape index (κ2) is 7.55. The maximum atomic E-state index is 13.1. The normalized spacial score (nSPS) is 18.0. The third-order valence-electron chi connectivity index (χ3n) is 4.53. The summed E-state index contributed by atoms with van der Waals surface area (Å²) >= 11 is 0. The number of hydrogen-bond donors (Lipinski definition) is 1. The van der Waals surface area contributed by atoms with Crippen LogP contribution < -0.4 is 5.32 Å². The summed E-state index contributed by atoms with van der Waals surface area (Å²) in [7, 11) is -3.26. The van der Waals surface area contributed by atoms with E-state index in [1.807, 2.05) is 0 Å². The molecule has 1 N–H and O–H groups in total. The highest BCUT2D eigenvalue weighted by atomic mass is 32.2. The average Bonchev–Trinajstić information content (AvgIpc) is 3.03. The molecule has 2 aromatic carbocycles. The van der Waals surface area contributed by atoms with Crippen molar-refractivity contribution < 1.29 is 17.6 Å². The molecule has 7 heteroatoms. The highest BCUT2D eigenvalue weighted by Crippen LogP contribution is 2.31. The first-order valence-electron chi connectivity index (χ1n) is 8.42. The molecule has 3 rings (SSSR count). The smallest absolute Gasteiger partial charge is 0.238 e. The van der Waals surface area contributed by atoms with Gasteiger partial charge in [-0.15, -0.1) is 0 Å². The molecule has 1 fully saturated rings. The van der Waals surface area contributed by atoms with E-state index >= 15 is 0 Å². The van der Waals surface area contributed by atoms with Crippen LogP contribution in [0.1, 0.15) is 24.4 Å². The molecular formula is C19H21FN2O3S. The number of carbonyl (C=O) groups excluding carboxylic acids is 1. The van der Waals surface area contributed by atoms with Crippen molar-refractivity contribution >= 4 is 21.4 Å². The largest absolute Gasteiger partial charge is 0.325 e. The Balaban J connectivity index is 1.63. The van der Waals surface area contributed by atoms with E-state index in [1.54, 1.807) is 24.3 Å². The van der Waals surface area contributed by atoms with Gasteiger partial charge in [-0.25, -0.2) is 12.8 Å². The fourth-order valence-corrected chi connectivity index (χ4v) is 3.88. The first kappa shape index (κ1) is 18.5. The molecule has 1 saturated heterocycles. The van der Waals surface area contributed by atoms with Gasteiger partial charge in [0.1, 0.15) is 5.82 Å². The lowest BCUT2D eigenvalue weighted by atomic mass is 10.0. The minimum Gasteiger partial charge on any atom is -0.325 e. The Morgan fingerprint density at radius 3 is 2.42 bits per heavy atom. The van der Waals surface area contributed by atoms with Gasteiger partial charge in [0.25, 0.3) is 0 Å². The number of nitrogens with one attached hydrogen (secondary N) is 1. The third-order valence-corrected chi connectivity index (χ3v) is 5.66. The van der Waals surface area contributed by atoms with E-state index in [-0.39, 0.29) is 29.2 Å². The molecular weight excluding hydrogens is 355 g/mol. The Bertz CT molecular complexity index is 880. The predicted molar refractivity (Wildman–Crippen MR) is 98.1 cm³/mol. The van der Waals surface area contributed by atoms with Crippen LogP contribution in [0.4, 0.5) is 10.1 Å². The van der Waals surface area contributed by atoms with Crippen LogP contribution in [0.2, 0.25) is 0 Å². The van der Waals surface area contributed by atoms with Crippen molar-refractivity contribution in [2.24, 2.45) is 0 Å². The molecule has 1 aliphatic rings. The Hall–Kier alpha value is -2.25. The van der Waals surface area contributed by atoms with Gasteiger partial charge in [0.05, 0.1) is 11.4 Å². The number of halogens is 1. The number of hydrogen-bond acceptors (Lipinski definition) is 4. The van der Waals surface area contributed by atoms with E-state index in [9.17, 15) is 17.6 Å². The summed E-state index contributed by atoms with van der Waals surface area (Å²) in [4.78, 5) is 14.6. The molecule has 1 amide bonds. The van der Waals surface area contributed by atoms with Gasteiger partial charge in [-0.05, 0) is 61.3 Å². The van der Waals surface area contributed by atoms with E-state index < -0.39 is 9.84 Å². The zero-order chi connectivity index (χ0) is 18.7. The van der Waals surface area contributed by atoms with Gasteiger partial charge in [-0.3, -0.25) is 9.69 Å². The van der Waals surface area contributed by atoms with E-state index in [0.29, 0.717) is 5.69 Å². The van der Waals surface area contributed by atoms with Crippen LogP contribution in [0, 0.1) is 5.82 Å². The van der Waals surface area contributed by atoms with Gasteiger partial charge in [0, 0.05) is 18.0 Å². The third kappa shape index (κ3) is 4.47. The van der Waals surface area contributed by atoms with Crippen LogP contribution in [0.15, 0.2) is 53.4 Å². The van der Waals surface area contributed by atoms with E-state index in [4.69, 9.17) is 0 Å². The number of amides is 1. The van der Waals surface area contributed by atoms with Crippen LogP contribution in [0.25, 0.3) is 0 Å². The lowest BCUT2D eigenvalue weighted by Gasteiger charge is -2.24. The number of rotatable bonds is 5. The Labute approximate surface area is 152 Å². The minimum atomic E-state index is -3.26.